The standard InChI is InChI=1S/C22H25N3O5S3/c1-3-30-19(26)14-25-17-7-6-15(2)13-18(17)32-22(25)23-21(27)16-8-10-24(11-9-16)33(28,29)20-5-4-12-31-20/h4-7,12-13,16H,3,8-11,14H2,1-2H3. The number of carbonyl (C=O) groups is 2. The predicted octanol–water partition coefficient (Wildman–Crippen LogP) is 3.16. The Morgan fingerprint density at radius 1 is 1.21 bits per heavy atom. The van der Waals surface area contributed by atoms with E-state index >= 15 is 0 Å². The minimum atomic E-state index is -3.52. The van der Waals surface area contributed by atoms with Gasteiger partial charge in [-0.2, -0.15) is 9.30 Å². The van der Waals surface area contributed by atoms with Crippen molar-refractivity contribution < 1.29 is 22.7 Å². The van der Waals surface area contributed by atoms with Crippen LogP contribution in [-0.4, -0.2) is 48.9 Å². The largest absolute Gasteiger partial charge is 0.465 e. The highest BCUT2D eigenvalue weighted by molar-refractivity contribution is 7.91. The van der Waals surface area contributed by atoms with Gasteiger partial charge in [0.1, 0.15) is 10.8 Å². The second-order valence-corrected chi connectivity index (χ2v) is 11.9. The number of carbonyl (C=O) groups excluding carboxylic acids is 2. The first-order valence-corrected chi connectivity index (χ1v) is 13.8. The third kappa shape index (κ3) is 5.11. The van der Waals surface area contributed by atoms with Crippen LogP contribution in [0.4, 0.5) is 0 Å². The van der Waals surface area contributed by atoms with Gasteiger partial charge in [0, 0.05) is 19.0 Å². The van der Waals surface area contributed by atoms with Gasteiger partial charge >= 0.3 is 5.97 Å². The SMILES string of the molecule is CCOC(=O)Cn1c(=NC(=O)C2CCN(S(=O)(=O)c3cccs3)CC2)sc2cc(C)ccc21. The molecule has 11 heteroatoms. The number of sulfonamides is 1. The Morgan fingerprint density at radius 2 is 1.97 bits per heavy atom. The lowest BCUT2D eigenvalue weighted by Gasteiger charge is -2.29. The normalized spacial score (nSPS) is 16.4. The van der Waals surface area contributed by atoms with Crippen molar-refractivity contribution in [1.29, 1.82) is 0 Å². The van der Waals surface area contributed by atoms with Gasteiger partial charge in [0.2, 0.25) is 0 Å². The molecule has 1 amide bonds. The average molecular weight is 508 g/mol. The molecule has 3 aromatic rings. The van der Waals surface area contributed by atoms with Crippen molar-refractivity contribution in [1.82, 2.24) is 8.87 Å². The van der Waals surface area contributed by atoms with Gasteiger partial charge in [-0.05, 0) is 55.8 Å². The molecule has 4 rings (SSSR count). The number of thiophene rings is 1. The lowest BCUT2D eigenvalue weighted by molar-refractivity contribution is -0.143. The van der Waals surface area contributed by atoms with Crippen molar-refractivity contribution in [3.8, 4) is 0 Å². The fourth-order valence-electron chi connectivity index (χ4n) is 3.82. The van der Waals surface area contributed by atoms with Crippen LogP contribution in [0.15, 0.2) is 44.9 Å². The summed E-state index contributed by atoms with van der Waals surface area (Å²) in [6, 6.07) is 9.17. The Balaban J connectivity index is 1.56. The Labute approximate surface area is 200 Å². The summed E-state index contributed by atoms with van der Waals surface area (Å²) in [6.07, 6.45) is 0.823. The zero-order chi connectivity index (χ0) is 23.6. The highest BCUT2D eigenvalue weighted by Gasteiger charge is 2.32. The summed E-state index contributed by atoms with van der Waals surface area (Å²) in [5.41, 5.74) is 1.89. The summed E-state index contributed by atoms with van der Waals surface area (Å²) in [4.78, 5) is 30.0. The number of amides is 1. The molecule has 0 N–H and O–H groups in total. The molecule has 0 radical (unpaired) electrons. The molecule has 1 fully saturated rings. The molecule has 1 aliphatic heterocycles. The maximum atomic E-state index is 13.0. The number of aromatic nitrogens is 1. The maximum Gasteiger partial charge on any atom is 0.326 e. The molecule has 0 bridgehead atoms. The van der Waals surface area contributed by atoms with Gasteiger partial charge in [0.05, 0.1) is 16.8 Å². The summed E-state index contributed by atoms with van der Waals surface area (Å²) in [5.74, 6) is -1.04. The minimum absolute atomic E-state index is 0.0273. The molecule has 0 spiro atoms. The molecule has 1 aliphatic rings. The molecule has 1 saturated heterocycles. The van der Waals surface area contributed by atoms with Gasteiger partial charge < -0.3 is 9.30 Å². The van der Waals surface area contributed by atoms with Crippen molar-refractivity contribution in [2.24, 2.45) is 10.9 Å². The third-order valence-electron chi connectivity index (χ3n) is 5.53. The molecular weight excluding hydrogens is 482 g/mol. The van der Waals surface area contributed by atoms with E-state index in [0.29, 0.717) is 21.9 Å². The highest BCUT2D eigenvalue weighted by atomic mass is 32.2. The predicted molar refractivity (Wildman–Crippen MR) is 128 cm³/mol. The van der Waals surface area contributed by atoms with Gasteiger partial charge in [-0.1, -0.05) is 23.5 Å². The van der Waals surface area contributed by atoms with Crippen LogP contribution in [0.3, 0.4) is 0 Å². The summed E-state index contributed by atoms with van der Waals surface area (Å²) >= 11 is 2.55. The van der Waals surface area contributed by atoms with E-state index < -0.39 is 16.0 Å². The van der Waals surface area contributed by atoms with E-state index in [0.717, 1.165) is 15.8 Å². The van der Waals surface area contributed by atoms with E-state index in [1.54, 1.807) is 29.0 Å². The fraction of sp³-hybridized carbons (Fsp3) is 0.409. The van der Waals surface area contributed by atoms with E-state index in [-0.39, 0.29) is 38.1 Å². The molecule has 3 heterocycles. The number of benzene rings is 1. The number of nitrogens with zero attached hydrogens (tertiary/aromatic N) is 3. The van der Waals surface area contributed by atoms with Crippen molar-refractivity contribution in [2.45, 2.75) is 37.4 Å². The van der Waals surface area contributed by atoms with Crippen molar-refractivity contribution in [2.75, 3.05) is 19.7 Å². The van der Waals surface area contributed by atoms with Crippen LogP contribution in [0.5, 0.6) is 0 Å². The maximum absolute atomic E-state index is 13.0. The van der Waals surface area contributed by atoms with Crippen LogP contribution in [0.2, 0.25) is 0 Å². The first-order chi connectivity index (χ1) is 15.8. The van der Waals surface area contributed by atoms with E-state index in [2.05, 4.69) is 4.99 Å². The second kappa shape index (κ2) is 9.88. The molecule has 176 valence electrons. The van der Waals surface area contributed by atoms with Gasteiger partial charge in [0.15, 0.2) is 4.80 Å². The van der Waals surface area contributed by atoms with Crippen LogP contribution in [0.1, 0.15) is 25.3 Å². The minimum Gasteiger partial charge on any atom is -0.465 e. The third-order valence-corrected chi connectivity index (χ3v) is 9.84. The van der Waals surface area contributed by atoms with Crippen LogP contribution in [0.25, 0.3) is 10.2 Å². The topological polar surface area (TPSA) is 98.0 Å². The van der Waals surface area contributed by atoms with Crippen LogP contribution in [-0.2, 0) is 30.9 Å². The number of hydrogen-bond donors (Lipinski definition) is 0. The lowest BCUT2D eigenvalue weighted by Crippen LogP contribution is -2.40. The molecule has 2 aromatic heterocycles. The quantitative estimate of drug-likeness (QED) is 0.478. The van der Waals surface area contributed by atoms with Gasteiger partial charge in [-0.15, -0.1) is 11.3 Å². The molecular formula is C22H25N3O5S3. The van der Waals surface area contributed by atoms with E-state index in [1.807, 2.05) is 25.1 Å². The van der Waals surface area contributed by atoms with Gasteiger partial charge in [0.25, 0.3) is 15.9 Å². The smallest absolute Gasteiger partial charge is 0.326 e. The van der Waals surface area contributed by atoms with Crippen molar-refractivity contribution in [3.63, 3.8) is 0 Å². The summed E-state index contributed by atoms with van der Waals surface area (Å²) in [5, 5.41) is 1.74. The van der Waals surface area contributed by atoms with Crippen LogP contribution >= 0.6 is 22.7 Å². The van der Waals surface area contributed by atoms with Crippen molar-refractivity contribution in [3.05, 3.63) is 46.1 Å². The first-order valence-electron chi connectivity index (χ1n) is 10.7. The molecule has 0 aliphatic carbocycles. The van der Waals surface area contributed by atoms with E-state index in [1.165, 1.54) is 27.0 Å². The number of rotatable bonds is 6. The Kier molecular flexibility index (Phi) is 7.13. The summed E-state index contributed by atoms with van der Waals surface area (Å²) in [6.45, 7) is 4.53. The van der Waals surface area contributed by atoms with E-state index in [9.17, 15) is 18.0 Å². The molecule has 8 nitrogen and oxygen atoms in total. The number of thiazole rings is 1. The summed E-state index contributed by atoms with van der Waals surface area (Å²) < 4.78 is 34.9. The fourth-order valence-corrected chi connectivity index (χ4v) is 7.57. The Hall–Kier alpha value is -2.34. The number of esters is 1. The molecule has 1 aromatic carbocycles. The number of aryl methyl sites for hydroxylation is 1. The van der Waals surface area contributed by atoms with Crippen LogP contribution in [0, 0.1) is 12.8 Å². The first kappa shape index (κ1) is 23.8. The van der Waals surface area contributed by atoms with Gasteiger partial charge in [-0.3, -0.25) is 9.59 Å². The molecule has 0 unspecified atom stereocenters. The average Bonchev–Trinajstić information content (AvgIpc) is 3.43. The zero-order valence-electron chi connectivity index (χ0n) is 18.4. The lowest BCUT2D eigenvalue weighted by atomic mass is 9.98. The monoisotopic (exact) mass is 507 g/mol. The van der Waals surface area contributed by atoms with Gasteiger partial charge in [-0.25, -0.2) is 8.42 Å². The number of hydrogen-bond acceptors (Lipinski definition) is 7. The number of fused-ring (bicyclic) bond motifs is 1. The second-order valence-electron chi connectivity index (χ2n) is 7.81. The molecule has 0 atom stereocenters. The molecule has 33 heavy (non-hydrogen) atoms. The number of ether oxygens (including phenoxy) is 1. The molecule has 0 saturated carbocycles. The Morgan fingerprint density at radius 3 is 2.64 bits per heavy atom. The van der Waals surface area contributed by atoms with Crippen LogP contribution < -0.4 is 4.80 Å². The Bertz CT molecular complexity index is 1330. The number of piperidine rings is 1. The van der Waals surface area contributed by atoms with E-state index in [4.69, 9.17) is 4.74 Å². The highest BCUT2D eigenvalue weighted by Crippen LogP contribution is 2.27. The summed E-state index contributed by atoms with van der Waals surface area (Å²) in [7, 11) is -3.52. The van der Waals surface area contributed by atoms with Crippen molar-refractivity contribution >= 4 is 54.8 Å². The zero-order valence-corrected chi connectivity index (χ0v) is 20.8.